The summed E-state index contributed by atoms with van der Waals surface area (Å²) >= 11 is 6.19. The van der Waals surface area contributed by atoms with Crippen molar-refractivity contribution in [3.63, 3.8) is 0 Å². The van der Waals surface area contributed by atoms with Crippen LogP contribution in [0, 0.1) is 5.92 Å². The molecule has 0 bridgehead atoms. The van der Waals surface area contributed by atoms with Crippen LogP contribution < -0.4 is 11.0 Å². The number of benzene rings is 1. The first kappa shape index (κ1) is 20.5. The van der Waals surface area contributed by atoms with Gasteiger partial charge in [0.15, 0.2) is 0 Å². The highest BCUT2D eigenvalue weighted by atomic mass is 35.5. The van der Waals surface area contributed by atoms with E-state index >= 15 is 0 Å². The maximum absolute atomic E-state index is 12.7. The van der Waals surface area contributed by atoms with Crippen LogP contribution in [0.5, 0.6) is 0 Å². The van der Waals surface area contributed by atoms with E-state index < -0.39 is 23.4 Å². The first-order valence-electron chi connectivity index (χ1n) is 9.36. The van der Waals surface area contributed by atoms with Crippen molar-refractivity contribution in [3.05, 3.63) is 62.8 Å². The number of aromatic nitrogens is 2. The molecule has 1 aliphatic carbocycles. The van der Waals surface area contributed by atoms with Gasteiger partial charge in [0.25, 0.3) is 5.91 Å². The van der Waals surface area contributed by atoms with E-state index in [-0.39, 0.29) is 22.2 Å². The molecule has 1 amide bonds. The summed E-state index contributed by atoms with van der Waals surface area (Å²) in [5.74, 6) is -0.484. The van der Waals surface area contributed by atoms with Gasteiger partial charge in [-0.25, -0.2) is 4.79 Å². The van der Waals surface area contributed by atoms with Crippen LogP contribution in [0.25, 0.3) is 0 Å². The van der Waals surface area contributed by atoms with Crippen molar-refractivity contribution in [1.29, 1.82) is 0 Å². The van der Waals surface area contributed by atoms with E-state index in [0.717, 1.165) is 32.1 Å². The number of nitrogens with one attached hydrogen (secondary N) is 2. The molecule has 3 rings (SSSR count). The number of carbonyl (C=O) groups excluding carboxylic acids is 1. The van der Waals surface area contributed by atoms with Crippen LogP contribution in [-0.4, -0.2) is 32.3 Å². The molecule has 1 unspecified atom stereocenters. The third-order valence-corrected chi connectivity index (χ3v) is 5.65. The average molecular weight is 406 g/mol. The maximum atomic E-state index is 12.7. The molecule has 1 aromatic heterocycles. The number of halogens is 1. The van der Waals surface area contributed by atoms with Crippen molar-refractivity contribution < 1.29 is 15.0 Å². The lowest BCUT2D eigenvalue weighted by atomic mass is 9.88. The van der Waals surface area contributed by atoms with Gasteiger partial charge in [0.05, 0.1) is 16.3 Å². The average Bonchev–Trinajstić information content (AvgIpc) is 2.68. The van der Waals surface area contributed by atoms with Crippen molar-refractivity contribution in [2.45, 2.75) is 50.9 Å². The van der Waals surface area contributed by atoms with Gasteiger partial charge in [-0.2, -0.15) is 4.98 Å². The van der Waals surface area contributed by atoms with E-state index in [9.17, 15) is 19.8 Å². The molecule has 0 radical (unpaired) electrons. The largest absolute Gasteiger partial charge is 0.379 e. The molecule has 150 valence electrons. The second-order valence-corrected chi connectivity index (χ2v) is 7.77. The van der Waals surface area contributed by atoms with E-state index in [0.29, 0.717) is 5.56 Å². The Morgan fingerprint density at radius 2 is 2.04 bits per heavy atom. The lowest BCUT2D eigenvalue weighted by molar-refractivity contribution is 0.0463. The summed E-state index contributed by atoms with van der Waals surface area (Å²) in [4.78, 5) is 30.3. The normalized spacial score (nSPS) is 18.3. The van der Waals surface area contributed by atoms with Crippen LogP contribution in [0.2, 0.25) is 5.02 Å². The fraction of sp³-hybridized carbons (Fsp3) is 0.450. The van der Waals surface area contributed by atoms with Gasteiger partial charge in [0, 0.05) is 12.1 Å². The summed E-state index contributed by atoms with van der Waals surface area (Å²) in [6.07, 6.45) is 5.43. The van der Waals surface area contributed by atoms with Crippen molar-refractivity contribution in [3.8, 4) is 0 Å². The molecule has 2 aromatic rings. The molecule has 1 aliphatic rings. The van der Waals surface area contributed by atoms with Gasteiger partial charge >= 0.3 is 5.69 Å². The summed E-state index contributed by atoms with van der Waals surface area (Å²) in [5, 5.41) is 24.1. The van der Waals surface area contributed by atoms with E-state index in [2.05, 4.69) is 15.3 Å². The monoisotopic (exact) mass is 405 g/mol. The number of aromatic amines is 1. The highest BCUT2D eigenvalue weighted by molar-refractivity contribution is 6.33. The maximum Gasteiger partial charge on any atom is 0.345 e. The first-order valence-corrected chi connectivity index (χ1v) is 9.74. The summed E-state index contributed by atoms with van der Waals surface area (Å²) in [6, 6.07) is 6.01. The number of hydrogen-bond acceptors (Lipinski definition) is 5. The van der Waals surface area contributed by atoms with Crippen LogP contribution in [0.3, 0.4) is 0 Å². The van der Waals surface area contributed by atoms with Crippen LogP contribution in [0.15, 0.2) is 35.3 Å². The molecular formula is C20H24ClN3O4. The topological polar surface area (TPSA) is 115 Å². The first-order chi connectivity index (χ1) is 13.3. The second-order valence-electron chi connectivity index (χ2n) is 7.36. The Bertz CT molecular complexity index is 906. The molecule has 1 aromatic carbocycles. The van der Waals surface area contributed by atoms with Crippen molar-refractivity contribution >= 4 is 17.5 Å². The van der Waals surface area contributed by atoms with Crippen molar-refractivity contribution in [2.75, 3.05) is 0 Å². The van der Waals surface area contributed by atoms with E-state index in [1.54, 1.807) is 6.07 Å². The van der Waals surface area contributed by atoms with Crippen LogP contribution in [0.4, 0.5) is 0 Å². The lowest BCUT2D eigenvalue weighted by Gasteiger charge is -2.27. The van der Waals surface area contributed by atoms with Gasteiger partial charge in [-0.3, -0.25) is 4.79 Å². The molecule has 0 spiro atoms. The number of nitrogens with zero attached hydrogens (tertiary/aromatic N) is 1. The molecule has 7 nitrogen and oxygen atoms in total. The zero-order valence-corrected chi connectivity index (χ0v) is 16.4. The Morgan fingerprint density at radius 3 is 2.71 bits per heavy atom. The molecule has 0 aliphatic heterocycles. The van der Waals surface area contributed by atoms with Gasteiger partial charge < -0.3 is 20.5 Å². The van der Waals surface area contributed by atoms with Crippen molar-refractivity contribution in [2.24, 2.45) is 5.92 Å². The Kier molecular flexibility index (Phi) is 6.17. The molecule has 1 saturated carbocycles. The zero-order chi connectivity index (χ0) is 20.3. The van der Waals surface area contributed by atoms with E-state index in [1.807, 2.05) is 0 Å². The van der Waals surface area contributed by atoms with Crippen LogP contribution in [0.1, 0.15) is 60.6 Å². The predicted octanol–water partition coefficient (Wildman–Crippen LogP) is 2.31. The lowest BCUT2D eigenvalue weighted by Crippen LogP contribution is -2.41. The molecule has 28 heavy (non-hydrogen) atoms. The van der Waals surface area contributed by atoms with Gasteiger partial charge in [0.2, 0.25) is 0 Å². The van der Waals surface area contributed by atoms with E-state index in [4.69, 9.17) is 11.6 Å². The minimum atomic E-state index is -1.60. The number of H-pyrrole nitrogens is 1. The van der Waals surface area contributed by atoms with Gasteiger partial charge in [0.1, 0.15) is 11.8 Å². The van der Waals surface area contributed by atoms with E-state index in [1.165, 1.54) is 31.3 Å². The minimum Gasteiger partial charge on any atom is -0.379 e. The smallest absolute Gasteiger partial charge is 0.345 e. The number of aliphatic hydroxyl groups excluding tert-OH is 1. The molecule has 4 N–H and O–H groups in total. The molecule has 2 atom stereocenters. The van der Waals surface area contributed by atoms with Gasteiger partial charge in [-0.1, -0.05) is 36.9 Å². The summed E-state index contributed by atoms with van der Waals surface area (Å²) in [5.41, 5.74) is -1.55. The third-order valence-electron chi connectivity index (χ3n) is 5.32. The highest BCUT2D eigenvalue weighted by Gasteiger charge is 2.30. The zero-order valence-electron chi connectivity index (χ0n) is 15.6. The Hall–Kier alpha value is -2.22. The predicted molar refractivity (Wildman–Crippen MR) is 105 cm³/mol. The fourth-order valence-corrected chi connectivity index (χ4v) is 3.78. The molecule has 1 fully saturated rings. The summed E-state index contributed by atoms with van der Waals surface area (Å²) in [6.45, 7) is 1.48. The number of hydrogen-bond donors (Lipinski definition) is 4. The molecule has 8 heteroatoms. The summed E-state index contributed by atoms with van der Waals surface area (Å²) < 4.78 is 0. The number of carbonyl (C=O) groups is 1. The number of rotatable bonds is 5. The Balaban J connectivity index is 1.84. The number of aliphatic hydroxyl groups is 2. The molecule has 1 heterocycles. The van der Waals surface area contributed by atoms with Crippen LogP contribution in [-0.2, 0) is 5.60 Å². The van der Waals surface area contributed by atoms with Crippen LogP contribution >= 0.6 is 11.6 Å². The fourth-order valence-electron chi connectivity index (χ4n) is 3.57. The molecular weight excluding hydrogens is 382 g/mol. The number of amides is 1. The van der Waals surface area contributed by atoms with Gasteiger partial charge in [-0.15, -0.1) is 0 Å². The third kappa shape index (κ3) is 4.43. The minimum absolute atomic E-state index is 0.0306. The second kappa shape index (κ2) is 8.43. The SMILES string of the molecule is C[C@@](O)(c1ccc(Cl)c(C(=O)NC(O)C2CCCCC2)c1)c1cc[nH]c(=O)n1. The summed E-state index contributed by atoms with van der Waals surface area (Å²) in [7, 11) is 0. The van der Waals surface area contributed by atoms with Gasteiger partial charge in [-0.05, 0) is 43.5 Å². The Labute approximate surface area is 167 Å². The molecule has 0 saturated heterocycles. The Morgan fingerprint density at radius 1 is 1.32 bits per heavy atom. The highest BCUT2D eigenvalue weighted by Crippen LogP contribution is 2.30. The standard InChI is InChI=1S/C20H24ClN3O4/c1-20(28,16-9-10-22-19(27)23-16)13-7-8-15(21)14(11-13)18(26)24-17(25)12-5-3-2-4-6-12/h7-12,17,25,28H,2-6H2,1H3,(H,24,26)(H,22,23,27)/t17?,20-/m1/s1. The quantitative estimate of drug-likeness (QED) is 0.570. The van der Waals surface area contributed by atoms with Crippen molar-refractivity contribution in [1.82, 2.24) is 15.3 Å².